The van der Waals surface area contributed by atoms with Gasteiger partial charge >= 0.3 is 0 Å². The molecule has 5 atom stereocenters. The quantitative estimate of drug-likeness (QED) is 0.770. The number of carbonyl (C=O) groups excluding carboxylic acids is 1. The molecule has 0 aliphatic carbocycles. The lowest BCUT2D eigenvalue weighted by Crippen LogP contribution is -2.47. The molecule has 0 aromatic carbocycles. The molecule has 106 valence electrons. The normalized spacial score (nSPS) is 37.4. The molecule has 1 N–H and O–H groups in total. The topological polar surface area (TPSA) is 89.8 Å². The van der Waals surface area contributed by atoms with Crippen LogP contribution in [0, 0.1) is 11.3 Å². The lowest BCUT2D eigenvalue weighted by Gasteiger charge is -2.25. The average molecular weight is 270 g/mol. The van der Waals surface area contributed by atoms with Gasteiger partial charge in [-0.3, -0.25) is 4.79 Å². The SMILES string of the molecule is CO[C@H]1O[C@H]([C@H](C#N)NC(C)=O)[C@@H]2OC(C)(C)O[C@H]12. The number of methoxy groups -OCH3 is 1. The Labute approximate surface area is 111 Å². The highest BCUT2D eigenvalue weighted by molar-refractivity contribution is 5.73. The van der Waals surface area contributed by atoms with E-state index in [0.717, 1.165) is 0 Å². The Bertz CT molecular complexity index is 405. The number of hydrogen-bond donors (Lipinski definition) is 1. The smallest absolute Gasteiger partial charge is 0.217 e. The largest absolute Gasteiger partial charge is 0.353 e. The summed E-state index contributed by atoms with van der Waals surface area (Å²) < 4.78 is 22.3. The number of carbonyl (C=O) groups is 1. The van der Waals surface area contributed by atoms with E-state index in [-0.39, 0.29) is 5.91 Å². The Morgan fingerprint density at radius 1 is 1.42 bits per heavy atom. The number of hydrogen-bond acceptors (Lipinski definition) is 6. The third kappa shape index (κ3) is 2.72. The number of amides is 1. The molecule has 0 unspecified atom stereocenters. The molecule has 2 aliphatic heterocycles. The van der Waals surface area contributed by atoms with Crippen molar-refractivity contribution in [3.05, 3.63) is 0 Å². The summed E-state index contributed by atoms with van der Waals surface area (Å²) in [7, 11) is 1.50. The van der Waals surface area contributed by atoms with Crippen molar-refractivity contribution >= 4 is 5.91 Å². The van der Waals surface area contributed by atoms with E-state index in [9.17, 15) is 4.79 Å². The zero-order valence-corrected chi connectivity index (χ0v) is 11.4. The number of rotatable bonds is 3. The Hall–Kier alpha value is -1.20. The predicted octanol–water partition coefficient (Wildman–Crippen LogP) is -0.0939. The van der Waals surface area contributed by atoms with Gasteiger partial charge < -0.3 is 24.3 Å². The molecule has 2 rings (SSSR count). The van der Waals surface area contributed by atoms with Crippen molar-refractivity contribution in [1.82, 2.24) is 5.32 Å². The third-order valence-corrected chi connectivity index (χ3v) is 3.11. The summed E-state index contributed by atoms with van der Waals surface area (Å²) in [4.78, 5) is 11.1. The summed E-state index contributed by atoms with van der Waals surface area (Å²) in [5.74, 6) is -1.06. The van der Waals surface area contributed by atoms with Crippen LogP contribution in [-0.2, 0) is 23.7 Å². The van der Waals surface area contributed by atoms with Crippen LogP contribution in [0.15, 0.2) is 0 Å². The second kappa shape index (κ2) is 5.06. The second-order valence-corrected chi connectivity index (χ2v) is 5.08. The van der Waals surface area contributed by atoms with Crippen LogP contribution in [0.2, 0.25) is 0 Å². The van der Waals surface area contributed by atoms with Gasteiger partial charge in [0.25, 0.3) is 0 Å². The predicted molar refractivity (Wildman–Crippen MR) is 62.7 cm³/mol. The fourth-order valence-corrected chi connectivity index (χ4v) is 2.46. The van der Waals surface area contributed by atoms with E-state index in [2.05, 4.69) is 5.32 Å². The highest BCUT2D eigenvalue weighted by Gasteiger charge is 2.57. The Morgan fingerprint density at radius 3 is 2.58 bits per heavy atom. The van der Waals surface area contributed by atoms with Gasteiger partial charge in [0.1, 0.15) is 24.4 Å². The summed E-state index contributed by atoms with van der Waals surface area (Å²) in [5.41, 5.74) is 0. The van der Waals surface area contributed by atoms with Crippen LogP contribution in [-0.4, -0.2) is 49.4 Å². The third-order valence-electron chi connectivity index (χ3n) is 3.11. The van der Waals surface area contributed by atoms with E-state index >= 15 is 0 Å². The molecule has 0 aromatic rings. The van der Waals surface area contributed by atoms with E-state index in [1.54, 1.807) is 13.8 Å². The number of nitrogens with zero attached hydrogens (tertiary/aromatic N) is 1. The fourth-order valence-electron chi connectivity index (χ4n) is 2.46. The molecule has 2 aliphatic rings. The first-order valence-corrected chi connectivity index (χ1v) is 6.08. The molecule has 7 nitrogen and oxygen atoms in total. The van der Waals surface area contributed by atoms with Gasteiger partial charge in [-0.25, -0.2) is 0 Å². The molecular weight excluding hydrogens is 252 g/mol. The first kappa shape index (κ1) is 14.2. The van der Waals surface area contributed by atoms with Crippen molar-refractivity contribution in [2.75, 3.05) is 7.11 Å². The monoisotopic (exact) mass is 270 g/mol. The molecule has 2 heterocycles. The van der Waals surface area contributed by atoms with Crippen molar-refractivity contribution < 1.29 is 23.7 Å². The highest BCUT2D eigenvalue weighted by Crippen LogP contribution is 2.39. The molecule has 0 spiro atoms. The standard InChI is InChI=1S/C12H18N2O5/c1-6(15)14-7(5-13)8-9-10(11(16-4)17-8)19-12(2,3)18-9/h7-11H,1-4H3,(H,14,15)/t7-,8+,9-,10-,11-/m0/s1. The maximum atomic E-state index is 11.1. The summed E-state index contributed by atoms with van der Waals surface area (Å²) in [6, 6.07) is 1.21. The van der Waals surface area contributed by atoms with E-state index in [0.29, 0.717) is 0 Å². The van der Waals surface area contributed by atoms with Crippen LogP contribution in [0.4, 0.5) is 0 Å². The van der Waals surface area contributed by atoms with Crippen molar-refractivity contribution in [2.45, 2.75) is 57.2 Å². The summed E-state index contributed by atoms with van der Waals surface area (Å²) in [6.07, 6.45) is -2.09. The van der Waals surface area contributed by atoms with Crippen molar-refractivity contribution in [3.8, 4) is 6.07 Å². The van der Waals surface area contributed by atoms with Gasteiger partial charge in [0.05, 0.1) is 6.07 Å². The maximum Gasteiger partial charge on any atom is 0.217 e. The number of nitriles is 1. The fraction of sp³-hybridized carbons (Fsp3) is 0.833. The summed E-state index contributed by atoms with van der Waals surface area (Å²) >= 11 is 0. The van der Waals surface area contributed by atoms with Gasteiger partial charge in [0.2, 0.25) is 5.91 Å². The zero-order valence-electron chi connectivity index (χ0n) is 11.4. The summed E-state index contributed by atoms with van der Waals surface area (Å²) in [6.45, 7) is 4.92. The Balaban J connectivity index is 2.18. The molecule has 0 bridgehead atoms. The first-order valence-electron chi connectivity index (χ1n) is 6.08. The molecule has 7 heteroatoms. The van der Waals surface area contributed by atoms with Gasteiger partial charge in [0.15, 0.2) is 12.1 Å². The van der Waals surface area contributed by atoms with Crippen LogP contribution in [0.25, 0.3) is 0 Å². The van der Waals surface area contributed by atoms with Gasteiger partial charge in [-0.05, 0) is 13.8 Å². The minimum Gasteiger partial charge on any atom is -0.353 e. The molecule has 0 saturated carbocycles. The Kier molecular flexibility index (Phi) is 3.78. The van der Waals surface area contributed by atoms with Gasteiger partial charge in [-0.15, -0.1) is 0 Å². The number of ether oxygens (including phenoxy) is 4. The molecule has 0 aromatic heterocycles. The van der Waals surface area contributed by atoms with Crippen LogP contribution in [0.1, 0.15) is 20.8 Å². The van der Waals surface area contributed by atoms with E-state index in [4.69, 9.17) is 24.2 Å². The molecule has 19 heavy (non-hydrogen) atoms. The van der Waals surface area contributed by atoms with Gasteiger partial charge in [-0.2, -0.15) is 5.26 Å². The lowest BCUT2D eigenvalue weighted by molar-refractivity contribution is -0.228. The van der Waals surface area contributed by atoms with Gasteiger partial charge in [0, 0.05) is 14.0 Å². The van der Waals surface area contributed by atoms with Crippen molar-refractivity contribution in [2.24, 2.45) is 0 Å². The minimum absolute atomic E-state index is 0.300. The van der Waals surface area contributed by atoms with Crippen molar-refractivity contribution in [3.63, 3.8) is 0 Å². The lowest BCUT2D eigenvalue weighted by atomic mass is 10.0. The van der Waals surface area contributed by atoms with Crippen LogP contribution >= 0.6 is 0 Å². The molecule has 2 saturated heterocycles. The van der Waals surface area contributed by atoms with E-state index in [1.807, 2.05) is 6.07 Å². The first-order chi connectivity index (χ1) is 8.88. The van der Waals surface area contributed by atoms with Crippen LogP contribution in [0.3, 0.4) is 0 Å². The molecule has 0 radical (unpaired) electrons. The molecule has 1 amide bonds. The maximum absolute atomic E-state index is 11.1. The van der Waals surface area contributed by atoms with E-state index in [1.165, 1.54) is 14.0 Å². The summed E-state index contributed by atoms with van der Waals surface area (Å²) in [5, 5.41) is 11.7. The molecule has 2 fully saturated rings. The zero-order chi connectivity index (χ0) is 14.2. The highest BCUT2D eigenvalue weighted by atomic mass is 16.8. The van der Waals surface area contributed by atoms with Crippen LogP contribution in [0.5, 0.6) is 0 Å². The Morgan fingerprint density at radius 2 is 2.05 bits per heavy atom. The van der Waals surface area contributed by atoms with Crippen LogP contribution < -0.4 is 5.32 Å². The molecular formula is C12H18N2O5. The number of nitrogens with one attached hydrogen (secondary N) is 1. The number of fused-ring (bicyclic) bond motifs is 1. The van der Waals surface area contributed by atoms with Gasteiger partial charge in [-0.1, -0.05) is 0 Å². The minimum atomic E-state index is -0.803. The van der Waals surface area contributed by atoms with Crippen molar-refractivity contribution in [1.29, 1.82) is 5.26 Å². The average Bonchev–Trinajstić information content (AvgIpc) is 2.79. The second-order valence-electron chi connectivity index (χ2n) is 5.08. The van der Waals surface area contributed by atoms with E-state index < -0.39 is 36.4 Å².